The molecule has 4 aromatic rings. The van der Waals surface area contributed by atoms with Gasteiger partial charge < -0.3 is 14.6 Å². The lowest BCUT2D eigenvalue weighted by Gasteiger charge is -2.28. The van der Waals surface area contributed by atoms with Crippen LogP contribution in [0.2, 0.25) is 0 Å². The molecule has 0 aliphatic carbocycles. The van der Waals surface area contributed by atoms with Gasteiger partial charge in [0.2, 0.25) is 5.91 Å². The fourth-order valence-electron chi connectivity index (χ4n) is 4.99. The third-order valence-corrected chi connectivity index (χ3v) is 7.30. The Morgan fingerprint density at radius 3 is 2.21 bits per heavy atom. The number of amides is 1. The lowest BCUT2D eigenvalue weighted by Crippen LogP contribution is -2.20. The SMILES string of the molecule is COc1cccc(/C=N\NC(=O)CCc2cc(C(C)(C)C)c(O)c(C(C)(C)C)c2)c1OCc1cccc2ccccc12. The van der Waals surface area contributed by atoms with Crippen molar-refractivity contribution in [1.82, 2.24) is 5.43 Å². The summed E-state index contributed by atoms with van der Waals surface area (Å²) in [5.41, 5.74) is 6.74. The Morgan fingerprint density at radius 2 is 1.55 bits per heavy atom. The minimum Gasteiger partial charge on any atom is -0.507 e. The van der Waals surface area contributed by atoms with Gasteiger partial charge in [0, 0.05) is 12.0 Å². The summed E-state index contributed by atoms with van der Waals surface area (Å²) < 4.78 is 11.8. The lowest BCUT2D eigenvalue weighted by molar-refractivity contribution is -0.121. The van der Waals surface area contributed by atoms with E-state index in [2.05, 4.69) is 76.3 Å². The van der Waals surface area contributed by atoms with E-state index in [9.17, 15) is 9.90 Å². The third-order valence-electron chi connectivity index (χ3n) is 7.30. The molecule has 42 heavy (non-hydrogen) atoms. The van der Waals surface area contributed by atoms with Gasteiger partial charge in [0.05, 0.1) is 13.3 Å². The number of nitrogens with one attached hydrogen (secondary N) is 1. The van der Waals surface area contributed by atoms with E-state index in [-0.39, 0.29) is 23.2 Å². The van der Waals surface area contributed by atoms with Crippen molar-refractivity contribution < 1.29 is 19.4 Å². The topological polar surface area (TPSA) is 80.2 Å². The number of carbonyl (C=O) groups excluding carboxylic acids is 1. The fraction of sp³-hybridized carbons (Fsp3) is 0.333. The van der Waals surface area contributed by atoms with E-state index in [0.29, 0.717) is 35.8 Å². The number of phenolic OH excluding ortho intramolecular Hbond substituents is 1. The van der Waals surface area contributed by atoms with E-state index in [1.165, 1.54) is 0 Å². The molecule has 0 aromatic heterocycles. The van der Waals surface area contributed by atoms with Crippen LogP contribution in [0.25, 0.3) is 10.8 Å². The van der Waals surface area contributed by atoms with E-state index in [1.807, 2.05) is 48.5 Å². The van der Waals surface area contributed by atoms with Crippen molar-refractivity contribution in [3.63, 3.8) is 0 Å². The highest BCUT2D eigenvalue weighted by atomic mass is 16.5. The van der Waals surface area contributed by atoms with Crippen LogP contribution in [0.5, 0.6) is 17.2 Å². The van der Waals surface area contributed by atoms with Crippen LogP contribution in [-0.2, 0) is 28.7 Å². The number of fused-ring (bicyclic) bond motifs is 1. The van der Waals surface area contributed by atoms with Gasteiger partial charge in [-0.3, -0.25) is 4.79 Å². The molecular formula is C36H42N2O4. The van der Waals surface area contributed by atoms with Crippen molar-refractivity contribution in [3.8, 4) is 17.2 Å². The summed E-state index contributed by atoms with van der Waals surface area (Å²) in [6, 6.07) is 23.9. The Kier molecular flexibility index (Phi) is 9.25. The highest BCUT2D eigenvalue weighted by Gasteiger charge is 2.26. The van der Waals surface area contributed by atoms with Gasteiger partial charge in [-0.25, -0.2) is 5.43 Å². The molecule has 0 radical (unpaired) electrons. The second kappa shape index (κ2) is 12.7. The predicted octanol–water partition coefficient (Wildman–Crippen LogP) is 7.81. The quantitative estimate of drug-likeness (QED) is 0.160. The zero-order valence-electron chi connectivity index (χ0n) is 25.7. The van der Waals surface area contributed by atoms with Crippen LogP contribution >= 0.6 is 0 Å². The van der Waals surface area contributed by atoms with Crippen LogP contribution in [0.3, 0.4) is 0 Å². The van der Waals surface area contributed by atoms with Crippen LogP contribution in [-0.4, -0.2) is 24.3 Å². The fourth-order valence-corrected chi connectivity index (χ4v) is 4.99. The zero-order valence-corrected chi connectivity index (χ0v) is 25.7. The number of phenols is 1. The molecule has 1 amide bonds. The zero-order chi connectivity index (χ0) is 30.5. The van der Waals surface area contributed by atoms with Gasteiger partial charge in [0.1, 0.15) is 12.4 Å². The van der Waals surface area contributed by atoms with E-state index in [0.717, 1.165) is 33.0 Å². The summed E-state index contributed by atoms with van der Waals surface area (Å²) in [6.45, 7) is 12.8. The average Bonchev–Trinajstić information content (AvgIpc) is 2.94. The van der Waals surface area contributed by atoms with Crippen LogP contribution in [0.4, 0.5) is 0 Å². The van der Waals surface area contributed by atoms with Gasteiger partial charge in [0.25, 0.3) is 0 Å². The van der Waals surface area contributed by atoms with Crippen molar-refractivity contribution in [1.29, 1.82) is 0 Å². The highest BCUT2D eigenvalue weighted by Crippen LogP contribution is 2.40. The molecule has 0 atom stereocenters. The minimum absolute atomic E-state index is 0.199. The van der Waals surface area contributed by atoms with E-state index >= 15 is 0 Å². The molecular weight excluding hydrogens is 524 g/mol. The molecule has 2 N–H and O–H groups in total. The number of carbonyl (C=O) groups is 1. The maximum absolute atomic E-state index is 12.8. The Hall–Kier alpha value is -4.32. The number of hydrogen-bond acceptors (Lipinski definition) is 5. The molecule has 4 aromatic carbocycles. The van der Waals surface area contributed by atoms with E-state index < -0.39 is 0 Å². The number of benzene rings is 4. The largest absolute Gasteiger partial charge is 0.507 e. The van der Waals surface area contributed by atoms with Crippen LogP contribution in [0.15, 0.2) is 77.9 Å². The number of hydrazone groups is 1. The number of aryl methyl sites for hydroxylation is 1. The molecule has 0 heterocycles. The first-order valence-electron chi connectivity index (χ1n) is 14.3. The Bertz CT molecular complexity index is 1550. The van der Waals surface area contributed by atoms with Gasteiger partial charge >= 0.3 is 0 Å². The summed E-state index contributed by atoms with van der Waals surface area (Å²) in [5.74, 6) is 1.28. The summed E-state index contributed by atoms with van der Waals surface area (Å²) in [4.78, 5) is 12.8. The maximum atomic E-state index is 12.8. The molecule has 0 saturated carbocycles. The van der Waals surface area contributed by atoms with Crippen LogP contribution in [0.1, 0.15) is 75.8 Å². The van der Waals surface area contributed by atoms with Gasteiger partial charge in [-0.1, -0.05) is 102 Å². The maximum Gasteiger partial charge on any atom is 0.240 e. The number of hydrogen-bond donors (Lipinski definition) is 2. The average molecular weight is 567 g/mol. The molecule has 6 heteroatoms. The van der Waals surface area contributed by atoms with E-state index in [4.69, 9.17) is 9.47 Å². The third kappa shape index (κ3) is 7.30. The monoisotopic (exact) mass is 566 g/mol. The Morgan fingerprint density at radius 1 is 0.905 bits per heavy atom. The molecule has 0 saturated heterocycles. The molecule has 0 fully saturated rings. The van der Waals surface area contributed by atoms with Crippen molar-refractivity contribution in [3.05, 3.63) is 101 Å². The summed E-state index contributed by atoms with van der Waals surface area (Å²) >= 11 is 0. The Labute approximate surface area is 249 Å². The molecule has 0 unspecified atom stereocenters. The second-order valence-corrected chi connectivity index (χ2v) is 12.6. The number of ether oxygens (including phenoxy) is 2. The number of methoxy groups -OCH3 is 1. The summed E-state index contributed by atoms with van der Waals surface area (Å²) in [5, 5.41) is 17.5. The minimum atomic E-state index is -0.225. The van der Waals surface area contributed by atoms with Crippen molar-refractivity contribution in [2.24, 2.45) is 5.10 Å². The predicted molar refractivity (Wildman–Crippen MR) is 171 cm³/mol. The van der Waals surface area contributed by atoms with Gasteiger partial charge in [-0.15, -0.1) is 0 Å². The van der Waals surface area contributed by atoms with Crippen LogP contribution in [0, 0.1) is 0 Å². The number of rotatable bonds is 9. The molecule has 0 spiro atoms. The molecule has 6 nitrogen and oxygen atoms in total. The molecule has 0 bridgehead atoms. The van der Waals surface area contributed by atoms with Gasteiger partial charge in [-0.2, -0.15) is 5.10 Å². The van der Waals surface area contributed by atoms with Crippen molar-refractivity contribution >= 4 is 22.9 Å². The Balaban J connectivity index is 1.45. The first-order valence-corrected chi connectivity index (χ1v) is 14.3. The molecule has 4 rings (SSSR count). The summed E-state index contributed by atoms with van der Waals surface area (Å²) in [7, 11) is 1.60. The highest BCUT2D eigenvalue weighted by molar-refractivity contribution is 5.87. The first kappa shape index (κ1) is 30.6. The lowest BCUT2D eigenvalue weighted by atomic mass is 9.78. The smallest absolute Gasteiger partial charge is 0.240 e. The van der Waals surface area contributed by atoms with Crippen molar-refractivity contribution in [2.45, 2.75) is 71.8 Å². The van der Waals surface area contributed by atoms with Crippen LogP contribution < -0.4 is 14.9 Å². The molecule has 220 valence electrons. The number of aromatic hydroxyl groups is 1. The second-order valence-electron chi connectivity index (χ2n) is 12.6. The van der Waals surface area contributed by atoms with Gasteiger partial charge in [0.15, 0.2) is 11.5 Å². The standard InChI is InChI=1S/C36H42N2O4/c1-35(2,3)29-20-24(21-30(33(29)40)36(4,5)6)18-19-32(39)38-37-22-26-14-11-17-31(41-7)34(26)42-23-27-15-10-13-25-12-8-9-16-28(25)27/h8-17,20-22,40H,18-19,23H2,1-7H3,(H,38,39)/b37-22-. The summed E-state index contributed by atoms with van der Waals surface area (Å²) in [6.07, 6.45) is 2.37. The number of para-hydroxylation sites is 1. The van der Waals surface area contributed by atoms with Crippen molar-refractivity contribution in [2.75, 3.05) is 7.11 Å². The normalized spacial score (nSPS) is 12.1. The first-order chi connectivity index (χ1) is 19.9. The number of nitrogens with zero attached hydrogens (tertiary/aromatic N) is 1. The van der Waals surface area contributed by atoms with E-state index in [1.54, 1.807) is 13.3 Å². The molecule has 0 aliphatic heterocycles. The molecule has 0 aliphatic rings. The van der Waals surface area contributed by atoms with Gasteiger partial charge in [-0.05, 0) is 62.4 Å².